The molecule has 0 spiro atoms. The summed E-state index contributed by atoms with van der Waals surface area (Å²) in [4.78, 5) is 11.2. The topological polar surface area (TPSA) is 46.2 Å². The van der Waals surface area contributed by atoms with Crippen molar-refractivity contribution in [3.05, 3.63) is 30.3 Å². The second-order valence-corrected chi connectivity index (χ2v) is 3.63. The Balaban J connectivity index is 2.73. The molecule has 64 valence electrons. The van der Waals surface area contributed by atoms with E-state index in [1.165, 1.54) is 6.92 Å². The molecule has 1 aromatic rings. The highest BCUT2D eigenvalue weighted by Gasteiger charge is 2.09. The Morgan fingerprint density at radius 2 is 1.92 bits per heavy atom. The average Bonchev–Trinajstić information content (AvgIpc) is 2.05. The molecule has 1 rings (SSSR count). The Labute approximate surface area is 73.4 Å². The molecule has 0 heterocycles. The predicted molar refractivity (Wildman–Crippen MR) is 48.0 cm³/mol. The number of hydrogen-bond donors (Lipinski definition) is 1. The Hall–Kier alpha value is -1.16. The van der Waals surface area contributed by atoms with Crippen LogP contribution in [0.2, 0.25) is 0 Å². The van der Waals surface area contributed by atoms with Gasteiger partial charge in [-0.25, -0.2) is 0 Å². The molecule has 0 saturated carbocycles. The third kappa shape index (κ3) is 2.47. The molecular weight excluding hydrogens is 174 g/mol. The highest BCUT2D eigenvalue weighted by atomic mass is 32.2. The van der Waals surface area contributed by atoms with Crippen LogP contribution in [0.15, 0.2) is 35.2 Å². The van der Waals surface area contributed by atoms with Gasteiger partial charge in [0.05, 0.1) is 0 Å². The lowest BCUT2D eigenvalue weighted by Crippen LogP contribution is -2.21. The van der Waals surface area contributed by atoms with Gasteiger partial charge in [-0.3, -0.25) is 4.79 Å². The van der Waals surface area contributed by atoms with Crippen LogP contribution in [0.3, 0.4) is 0 Å². The zero-order valence-corrected chi connectivity index (χ0v) is 7.54. The molecule has 0 fully saturated rings. The number of benzene rings is 1. The predicted octanol–water partition coefficient (Wildman–Crippen LogP) is 0.793. The van der Waals surface area contributed by atoms with Crippen LogP contribution in [0.1, 0.15) is 6.92 Å². The van der Waals surface area contributed by atoms with Crippen LogP contribution >= 0.6 is 0 Å². The van der Waals surface area contributed by atoms with Gasteiger partial charge in [0.2, 0.25) is 0 Å². The summed E-state index contributed by atoms with van der Waals surface area (Å²) in [6, 6.07) is 8.83. The molecule has 12 heavy (non-hydrogen) atoms. The summed E-state index contributed by atoms with van der Waals surface area (Å²) in [6.07, 6.45) is 0. The van der Waals surface area contributed by atoms with Crippen LogP contribution in [0.4, 0.5) is 0 Å². The fourth-order valence-electron chi connectivity index (χ4n) is 0.771. The number of thiol groups is 1. The van der Waals surface area contributed by atoms with Crippen LogP contribution < -0.4 is 4.72 Å². The lowest BCUT2D eigenvalue weighted by molar-refractivity contribution is -0.117. The minimum atomic E-state index is -1.76. The second kappa shape index (κ2) is 4.01. The normalized spacial score (nSPS) is 12.1. The van der Waals surface area contributed by atoms with Gasteiger partial charge in [0, 0.05) is 6.92 Å². The summed E-state index contributed by atoms with van der Waals surface area (Å²) in [5.41, 5.74) is 0. The van der Waals surface area contributed by atoms with Gasteiger partial charge >= 0.3 is 0 Å². The van der Waals surface area contributed by atoms with E-state index in [1.54, 1.807) is 24.3 Å². The number of hydrogen-bond acceptors (Lipinski definition) is 2. The lowest BCUT2D eigenvalue weighted by Gasteiger charge is -1.93. The van der Waals surface area contributed by atoms with Gasteiger partial charge in [0.25, 0.3) is 5.91 Å². The lowest BCUT2D eigenvalue weighted by atomic mass is 10.4. The molecule has 1 aromatic carbocycles. The minimum absolute atomic E-state index is 0.278. The zero-order valence-electron chi connectivity index (χ0n) is 6.65. The summed E-state index contributed by atoms with van der Waals surface area (Å²) >= 11 is 0. The molecule has 0 aliphatic carbocycles. The van der Waals surface area contributed by atoms with Crippen LogP contribution in [0.25, 0.3) is 0 Å². The third-order valence-electron chi connectivity index (χ3n) is 1.25. The first-order chi connectivity index (χ1) is 5.70. The molecule has 0 aromatic heterocycles. The van der Waals surface area contributed by atoms with Gasteiger partial charge in [-0.15, -0.1) is 0 Å². The van der Waals surface area contributed by atoms with Crippen LogP contribution in [0, 0.1) is 0 Å². The van der Waals surface area contributed by atoms with Gasteiger partial charge in [0.1, 0.15) is 0 Å². The molecule has 0 aliphatic heterocycles. The van der Waals surface area contributed by atoms with E-state index in [1.807, 2.05) is 6.07 Å². The zero-order chi connectivity index (χ0) is 8.97. The molecule has 0 saturated heterocycles. The van der Waals surface area contributed by atoms with Gasteiger partial charge in [-0.1, -0.05) is 22.4 Å². The third-order valence-corrected chi connectivity index (χ3v) is 2.53. The van der Waals surface area contributed by atoms with E-state index in [2.05, 4.69) is 4.72 Å². The van der Waals surface area contributed by atoms with E-state index in [9.17, 15) is 9.00 Å². The molecule has 0 aliphatic rings. The van der Waals surface area contributed by atoms with Crippen LogP contribution in [-0.4, -0.2) is 5.91 Å². The molecule has 1 amide bonds. The van der Waals surface area contributed by atoms with Gasteiger partial charge in [0.15, 0.2) is 15.9 Å². The Morgan fingerprint density at radius 3 is 2.42 bits per heavy atom. The maximum absolute atomic E-state index is 11.3. The maximum Gasteiger partial charge on any atom is 0.257 e. The van der Waals surface area contributed by atoms with Gasteiger partial charge < -0.3 is 0 Å². The molecule has 0 bridgehead atoms. The minimum Gasteiger partial charge on any atom is -0.271 e. The summed E-state index contributed by atoms with van der Waals surface area (Å²) in [6.45, 7) is 1.34. The van der Waals surface area contributed by atoms with Crippen molar-refractivity contribution < 1.29 is 9.00 Å². The van der Waals surface area contributed by atoms with Crippen molar-refractivity contribution in [1.29, 1.82) is 0 Å². The van der Waals surface area contributed by atoms with Crippen molar-refractivity contribution in [3.8, 4) is 0 Å². The summed E-state index contributed by atoms with van der Waals surface area (Å²) in [5, 5.41) is 0. The Morgan fingerprint density at radius 1 is 1.33 bits per heavy atom. The van der Waals surface area contributed by atoms with E-state index in [0.29, 0.717) is 4.90 Å². The molecule has 4 heteroatoms. The fourth-order valence-corrected chi connectivity index (χ4v) is 1.63. The summed E-state index contributed by atoms with van der Waals surface area (Å²) in [7, 11) is -1.76. The largest absolute Gasteiger partial charge is 0.271 e. The highest BCUT2D eigenvalue weighted by Crippen LogP contribution is 2.02. The van der Waals surface area contributed by atoms with Crippen molar-refractivity contribution in [2.75, 3.05) is 0 Å². The molecule has 1 atom stereocenters. The van der Waals surface area contributed by atoms with Crippen molar-refractivity contribution in [1.82, 2.24) is 4.72 Å². The molecule has 1 N–H and O–H groups in total. The fraction of sp³-hybridized carbons (Fsp3) is 0.125. The maximum atomic E-state index is 11.3. The molecule has 3 nitrogen and oxygen atoms in total. The first-order valence-corrected chi connectivity index (χ1v) is 4.75. The number of rotatable bonds is 2. The summed E-state index contributed by atoms with van der Waals surface area (Å²) < 4.78 is 13.6. The molecule has 0 radical (unpaired) electrons. The van der Waals surface area contributed by atoms with Gasteiger partial charge in [-0.05, 0) is 12.1 Å². The van der Waals surface area contributed by atoms with Crippen LogP contribution in [0.5, 0.6) is 0 Å². The monoisotopic (exact) mass is 184 g/mol. The van der Waals surface area contributed by atoms with E-state index in [-0.39, 0.29) is 5.91 Å². The first kappa shape index (κ1) is 8.93. The van der Waals surface area contributed by atoms with Gasteiger partial charge in [-0.2, -0.15) is 4.72 Å². The number of nitrogens with one attached hydrogen (secondary N) is 1. The van der Waals surface area contributed by atoms with E-state index in [0.717, 1.165) is 0 Å². The van der Waals surface area contributed by atoms with Crippen molar-refractivity contribution in [2.45, 2.75) is 11.8 Å². The number of carbonyl (C=O) groups excluding carboxylic acids is 1. The molecule has 1 unspecified atom stereocenters. The number of amides is 1. The standard InChI is InChI=1S/C8H9NO2S/c1-7(10)9-12(11)8-5-3-2-4-6-8/h2-6H,1H3,(H,9,10,11)/p+1. The van der Waals surface area contributed by atoms with Crippen molar-refractivity contribution in [3.63, 3.8) is 0 Å². The smallest absolute Gasteiger partial charge is 0.257 e. The Bertz CT molecular complexity index is 297. The number of carbonyl (C=O) groups is 1. The summed E-state index contributed by atoms with van der Waals surface area (Å²) in [5.74, 6) is -0.278. The van der Waals surface area contributed by atoms with E-state index >= 15 is 0 Å². The second-order valence-electron chi connectivity index (χ2n) is 2.30. The van der Waals surface area contributed by atoms with Crippen molar-refractivity contribution in [2.24, 2.45) is 0 Å². The highest BCUT2D eigenvalue weighted by molar-refractivity contribution is 7.83. The van der Waals surface area contributed by atoms with Crippen molar-refractivity contribution >= 4 is 16.9 Å². The SMILES string of the molecule is CC(=O)N[SH+](=O)c1ccccc1. The van der Waals surface area contributed by atoms with Crippen LogP contribution in [-0.2, 0) is 20.0 Å². The first-order valence-electron chi connectivity index (χ1n) is 3.49. The van der Waals surface area contributed by atoms with E-state index < -0.39 is 11.0 Å². The van der Waals surface area contributed by atoms with E-state index in [4.69, 9.17) is 0 Å². The molecular formula is C8H10NO2S+. The quantitative estimate of drug-likeness (QED) is 0.545. The average molecular weight is 184 g/mol. The Kier molecular flexibility index (Phi) is 2.99.